The third kappa shape index (κ3) is 4.47. The predicted molar refractivity (Wildman–Crippen MR) is 135 cm³/mol. The zero-order valence-corrected chi connectivity index (χ0v) is 19.9. The monoisotopic (exact) mass is 467 g/mol. The van der Waals surface area contributed by atoms with E-state index in [0.717, 1.165) is 22.4 Å². The van der Waals surface area contributed by atoms with Crippen LogP contribution >= 0.6 is 0 Å². The van der Waals surface area contributed by atoms with Crippen LogP contribution in [0.1, 0.15) is 36.2 Å². The van der Waals surface area contributed by atoms with E-state index in [0.29, 0.717) is 6.42 Å². The summed E-state index contributed by atoms with van der Waals surface area (Å²) in [5, 5.41) is 12.1. The molecule has 3 aromatic carbocycles. The second-order valence-corrected chi connectivity index (χ2v) is 9.00. The van der Waals surface area contributed by atoms with Crippen LogP contribution in [0.2, 0.25) is 0 Å². The minimum atomic E-state index is -1.50. The molecule has 4 rings (SSSR count). The molecule has 1 amide bonds. The van der Waals surface area contributed by atoms with Gasteiger partial charge in [0.25, 0.3) is 0 Å². The number of carboxylic acid groups (broad SMARTS) is 1. The van der Waals surface area contributed by atoms with Crippen LogP contribution in [0, 0.1) is 5.41 Å². The molecule has 0 spiro atoms. The predicted octanol–water partition coefficient (Wildman–Crippen LogP) is 4.49. The van der Waals surface area contributed by atoms with Crippen molar-refractivity contribution in [2.75, 3.05) is 6.54 Å². The van der Waals surface area contributed by atoms with Crippen molar-refractivity contribution in [3.05, 3.63) is 126 Å². The Hall–Kier alpha value is -4.19. The molecular weight excluding hydrogens is 438 g/mol. The van der Waals surface area contributed by atoms with Gasteiger partial charge in [0.05, 0.1) is 6.33 Å². The normalized spacial score (nSPS) is 11.7. The fourth-order valence-electron chi connectivity index (χ4n) is 4.39. The molecule has 0 radical (unpaired) electrons. The van der Waals surface area contributed by atoms with E-state index in [1.807, 2.05) is 60.9 Å². The molecule has 0 aliphatic heterocycles. The van der Waals surface area contributed by atoms with E-state index in [1.54, 1.807) is 6.20 Å². The molecule has 0 saturated carbocycles. The highest BCUT2D eigenvalue weighted by Gasteiger charge is 2.39. The number of carbonyl (C=O) groups is 2. The van der Waals surface area contributed by atoms with Crippen LogP contribution in [0.25, 0.3) is 0 Å². The zero-order chi connectivity index (χ0) is 24.9. The van der Waals surface area contributed by atoms with Gasteiger partial charge in [0.15, 0.2) is 0 Å². The second kappa shape index (κ2) is 9.97. The maximum atomic E-state index is 12.5. The van der Waals surface area contributed by atoms with E-state index in [9.17, 15) is 14.7 Å². The second-order valence-electron chi connectivity index (χ2n) is 9.00. The van der Waals surface area contributed by atoms with Gasteiger partial charge < -0.3 is 15.0 Å². The first kappa shape index (κ1) is 24.0. The molecule has 0 aliphatic rings. The van der Waals surface area contributed by atoms with Crippen molar-refractivity contribution >= 4 is 11.9 Å². The summed E-state index contributed by atoms with van der Waals surface area (Å²) in [6.45, 7) is 3.09. The van der Waals surface area contributed by atoms with Crippen molar-refractivity contribution in [1.29, 1.82) is 0 Å². The summed E-state index contributed by atoms with van der Waals surface area (Å²) in [7, 11) is 0. The SMILES string of the molecule is CC(C)(C(=O)O)C(=O)NCCc1cncn1C(c1ccccc1)(c1ccccc1)c1ccccc1. The number of nitrogens with one attached hydrogen (secondary N) is 1. The van der Waals surface area contributed by atoms with Crippen LogP contribution in [0.4, 0.5) is 0 Å². The van der Waals surface area contributed by atoms with Crippen LogP contribution in [0.15, 0.2) is 104 Å². The number of amides is 1. The highest BCUT2D eigenvalue weighted by molar-refractivity contribution is 6.00. The van der Waals surface area contributed by atoms with Crippen molar-refractivity contribution in [2.24, 2.45) is 5.41 Å². The first-order chi connectivity index (χ1) is 16.9. The number of rotatable bonds is 9. The number of nitrogens with zero attached hydrogens (tertiary/aromatic N) is 2. The summed E-state index contributed by atoms with van der Waals surface area (Å²) in [5.41, 5.74) is 1.95. The molecule has 0 aliphatic carbocycles. The van der Waals surface area contributed by atoms with E-state index in [1.165, 1.54) is 13.8 Å². The molecule has 0 saturated heterocycles. The average molecular weight is 468 g/mol. The maximum Gasteiger partial charge on any atom is 0.318 e. The lowest BCUT2D eigenvalue weighted by molar-refractivity contribution is -0.153. The minimum Gasteiger partial charge on any atom is -0.480 e. The molecule has 0 fully saturated rings. The molecular formula is C29H29N3O3. The summed E-state index contributed by atoms with van der Waals surface area (Å²) in [6.07, 6.45) is 4.11. The fourth-order valence-corrected chi connectivity index (χ4v) is 4.39. The van der Waals surface area contributed by atoms with Gasteiger partial charge in [0.1, 0.15) is 11.0 Å². The third-order valence-corrected chi connectivity index (χ3v) is 6.42. The molecule has 2 N–H and O–H groups in total. The Bertz CT molecular complexity index is 1190. The van der Waals surface area contributed by atoms with Crippen LogP contribution < -0.4 is 5.32 Å². The fraction of sp³-hybridized carbons (Fsp3) is 0.207. The maximum absolute atomic E-state index is 12.5. The van der Waals surface area contributed by atoms with Gasteiger partial charge >= 0.3 is 5.97 Å². The van der Waals surface area contributed by atoms with E-state index in [-0.39, 0.29) is 6.54 Å². The quantitative estimate of drug-likeness (QED) is 0.281. The molecule has 6 heteroatoms. The van der Waals surface area contributed by atoms with Crippen LogP contribution in [0.5, 0.6) is 0 Å². The van der Waals surface area contributed by atoms with E-state index < -0.39 is 22.8 Å². The van der Waals surface area contributed by atoms with E-state index in [4.69, 9.17) is 0 Å². The average Bonchev–Trinajstić information content (AvgIpc) is 3.35. The Labute approximate surface area is 205 Å². The number of carbonyl (C=O) groups excluding carboxylic acids is 1. The first-order valence-corrected chi connectivity index (χ1v) is 11.6. The van der Waals surface area contributed by atoms with Gasteiger partial charge in [-0.2, -0.15) is 0 Å². The van der Waals surface area contributed by atoms with Crippen LogP contribution in [-0.2, 0) is 21.5 Å². The summed E-state index contributed by atoms with van der Waals surface area (Å²) in [6, 6.07) is 30.8. The lowest BCUT2D eigenvalue weighted by atomic mass is 9.76. The Morgan fingerprint density at radius 3 is 1.71 bits per heavy atom. The number of carboxylic acids is 1. The minimum absolute atomic E-state index is 0.287. The molecule has 1 aromatic heterocycles. The summed E-state index contributed by atoms with van der Waals surface area (Å²) in [5.74, 6) is -1.67. The van der Waals surface area contributed by atoms with Gasteiger partial charge in [0.2, 0.25) is 5.91 Å². The van der Waals surface area contributed by atoms with E-state index >= 15 is 0 Å². The van der Waals surface area contributed by atoms with Crippen LogP contribution in [0.3, 0.4) is 0 Å². The summed E-state index contributed by atoms with van der Waals surface area (Å²) in [4.78, 5) is 28.4. The van der Waals surface area contributed by atoms with Crippen molar-refractivity contribution in [2.45, 2.75) is 25.8 Å². The zero-order valence-electron chi connectivity index (χ0n) is 19.9. The summed E-state index contributed by atoms with van der Waals surface area (Å²) >= 11 is 0. The number of imidazole rings is 1. The van der Waals surface area contributed by atoms with Gasteiger partial charge in [-0.15, -0.1) is 0 Å². The van der Waals surface area contributed by atoms with Gasteiger partial charge in [-0.3, -0.25) is 9.59 Å². The van der Waals surface area contributed by atoms with Crippen molar-refractivity contribution < 1.29 is 14.7 Å². The molecule has 1 heterocycles. The standard InChI is InChI=1S/C29H29N3O3/c1-28(2,27(34)35)26(33)31-19-18-25-20-30-21-32(25)29(22-12-6-3-7-13-22,23-14-8-4-9-15-23)24-16-10-5-11-17-24/h3-17,20-21H,18-19H2,1-2H3,(H,31,33)(H,34,35). The smallest absolute Gasteiger partial charge is 0.318 e. The van der Waals surface area contributed by atoms with Crippen molar-refractivity contribution in [1.82, 2.24) is 14.9 Å². The molecule has 0 bridgehead atoms. The number of benzene rings is 3. The molecule has 0 unspecified atom stereocenters. The van der Waals surface area contributed by atoms with Crippen LogP contribution in [-0.4, -0.2) is 33.1 Å². The molecule has 35 heavy (non-hydrogen) atoms. The lowest BCUT2D eigenvalue weighted by Gasteiger charge is -2.38. The number of aliphatic carboxylic acids is 1. The topological polar surface area (TPSA) is 84.2 Å². The Morgan fingerprint density at radius 1 is 0.829 bits per heavy atom. The summed E-state index contributed by atoms with van der Waals surface area (Å²) < 4.78 is 2.15. The highest BCUT2D eigenvalue weighted by atomic mass is 16.4. The number of hydrogen-bond donors (Lipinski definition) is 2. The van der Waals surface area contributed by atoms with Gasteiger partial charge in [-0.25, -0.2) is 4.98 Å². The Morgan fingerprint density at radius 2 is 1.29 bits per heavy atom. The first-order valence-electron chi connectivity index (χ1n) is 11.6. The molecule has 4 aromatic rings. The largest absolute Gasteiger partial charge is 0.480 e. The van der Waals surface area contributed by atoms with Crippen molar-refractivity contribution in [3.63, 3.8) is 0 Å². The Kier molecular flexibility index (Phi) is 6.82. The number of hydrogen-bond acceptors (Lipinski definition) is 3. The van der Waals surface area contributed by atoms with Crippen molar-refractivity contribution in [3.8, 4) is 0 Å². The van der Waals surface area contributed by atoms with Gasteiger partial charge in [-0.1, -0.05) is 91.0 Å². The van der Waals surface area contributed by atoms with E-state index in [2.05, 4.69) is 51.3 Å². The van der Waals surface area contributed by atoms with Gasteiger partial charge in [0, 0.05) is 24.9 Å². The third-order valence-electron chi connectivity index (χ3n) is 6.42. The lowest BCUT2D eigenvalue weighted by Crippen LogP contribution is -2.43. The molecule has 6 nitrogen and oxygen atoms in total. The van der Waals surface area contributed by atoms with Gasteiger partial charge in [-0.05, 0) is 30.5 Å². The Balaban J connectivity index is 1.81. The molecule has 178 valence electrons. The number of aromatic nitrogens is 2. The molecule has 0 atom stereocenters. The highest BCUT2D eigenvalue weighted by Crippen LogP contribution is 2.41.